The van der Waals surface area contributed by atoms with Crippen LogP contribution in [0.1, 0.15) is 30.9 Å². The van der Waals surface area contributed by atoms with Gasteiger partial charge >= 0.3 is 0 Å². The van der Waals surface area contributed by atoms with E-state index in [4.69, 9.17) is 5.73 Å². The first-order valence-electron chi connectivity index (χ1n) is 5.86. The van der Waals surface area contributed by atoms with E-state index in [1.807, 2.05) is 6.07 Å². The molecule has 2 rings (SSSR count). The van der Waals surface area contributed by atoms with E-state index in [9.17, 15) is 0 Å². The zero-order chi connectivity index (χ0) is 12.6. The number of rotatable bonds is 2. The van der Waals surface area contributed by atoms with Crippen molar-refractivity contribution in [1.82, 2.24) is 4.57 Å². The highest BCUT2D eigenvalue weighted by Crippen LogP contribution is 2.27. The number of aromatic nitrogens is 1. The van der Waals surface area contributed by atoms with Gasteiger partial charge < -0.3 is 10.3 Å². The lowest BCUT2D eigenvalue weighted by atomic mass is 10.0. The standard InChI is InChI=1S/C14H19N3/c1-9(2)12-8-17(4)13-7-10(14(15)16-3)5-6-11(12)13/h5-9H,1-4H3,(H2,15,16). The zero-order valence-corrected chi connectivity index (χ0v) is 10.9. The molecule has 1 heterocycles. The molecule has 0 fully saturated rings. The molecule has 0 saturated heterocycles. The molecule has 0 saturated carbocycles. The first-order chi connectivity index (χ1) is 8.04. The zero-order valence-electron chi connectivity index (χ0n) is 10.9. The van der Waals surface area contributed by atoms with Crippen LogP contribution >= 0.6 is 0 Å². The highest BCUT2D eigenvalue weighted by atomic mass is 14.9. The summed E-state index contributed by atoms with van der Waals surface area (Å²) in [7, 11) is 3.78. The first-order valence-corrected chi connectivity index (χ1v) is 5.86. The first kappa shape index (κ1) is 11.7. The Bertz CT molecular complexity index is 576. The third kappa shape index (κ3) is 1.93. The van der Waals surface area contributed by atoms with Crippen molar-refractivity contribution < 1.29 is 0 Å². The quantitative estimate of drug-likeness (QED) is 0.624. The molecule has 0 unspecified atom stereocenters. The van der Waals surface area contributed by atoms with Crippen LogP contribution < -0.4 is 5.73 Å². The second-order valence-corrected chi connectivity index (χ2v) is 4.69. The van der Waals surface area contributed by atoms with Crippen LogP contribution in [0, 0.1) is 0 Å². The third-order valence-corrected chi connectivity index (χ3v) is 3.18. The Labute approximate surface area is 102 Å². The highest BCUT2D eigenvalue weighted by molar-refractivity contribution is 6.01. The van der Waals surface area contributed by atoms with E-state index in [-0.39, 0.29) is 0 Å². The minimum Gasteiger partial charge on any atom is -0.384 e. The van der Waals surface area contributed by atoms with Crippen molar-refractivity contribution in [3.63, 3.8) is 0 Å². The Kier molecular flexibility index (Phi) is 2.92. The topological polar surface area (TPSA) is 43.3 Å². The normalized spacial score (nSPS) is 12.6. The smallest absolute Gasteiger partial charge is 0.125 e. The van der Waals surface area contributed by atoms with Crippen LogP contribution in [0.4, 0.5) is 0 Å². The largest absolute Gasteiger partial charge is 0.384 e. The van der Waals surface area contributed by atoms with Crippen LogP contribution in [0.2, 0.25) is 0 Å². The Balaban J connectivity index is 2.67. The van der Waals surface area contributed by atoms with Gasteiger partial charge in [-0.25, -0.2) is 0 Å². The molecule has 2 aromatic rings. The molecule has 90 valence electrons. The summed E-state index contributed by atoms with van der Waals surface area (Å²) in [4.78, 5) is 4.02. The number of benzene rings is 1. The fourth-order valence-electron chi connectivity index (χ4n) is 2.16. The molecule has 0 bridgehead atoms. The van der Waals surface area contributed by atoms with Gasteiger partial charge in [0.1, 0.15) is 5.84 Å². The van der Waals surface area contributed by atoms with Gasteiger partial charge in [-0.05, 0) is 17.5 Å². The number of nitrogens with zero attached hydrogens (tertiary/aromatic N) is 2. The van der Waals surface area contributed by atoms with E-state index in [0.29, 0.717) is 11.8 Å². The van der Waals surface area contributed by atoms with E-state index < -0.39 is 0 Å². The van der Waals surface area contributed by atoms with Crippen molar-refractivity contribution in [3.8, 4) is 0 Å². The molecule has 3 heteroatoms. The number of nitrogens with two attached hydrogens (primary N) is 1. The second-order valence-electron chi connectivity index (χ2n) is 4.69. The molecule has 0 amide bonds. The van der Waals surface area contributed by atoms with Gasteiger partial charge in [-0.1, -0.05) is 26.0 Å². The highest BCUT2D eigenvalue weighted by Gasteiger charge is 2.10. The number of aryl methyl sites for hydroxylation is 1. The molecular formula is C14H19N3. The van der Waals surface area contributed by atoms with Crippen LogP contribution in [0.25, 0.3) is 10.9 Å². The summed E-state index contributed by atoms with van der Waals surface area (Å²) in [6.45, 7) is 4.43. The van der Waals surface area contributed by atoms with Crippen molar-refractivity contribution in [2.45, 2.75) is 19.8 Å². The molecular weight excluding hydrogens is 210 g/mol. The lowest BCUT2D eigenvalue weighted by Gasteiger charge is -2.04. The molecule has 0 atom stereocenters. The number of amidine groups is 1. The molecule has 0 aliphatic heterocycles. The fraction of sp³-hybridized carbons (Fsp3) is 0.357. The molecule has 0 aliphatic carbocycles. The Morgan fingerprint density at radius 1 is 1.35 bits per heavy atom. The SMILES string of the molecule is CN=C(N)c1ccc2c(C(C)C)cn(C)c2c1. The summed E-state index contributed by atoms with van der Waals surface area (Å²) in [5.74, 6) is 1.11. The van der Waals surface area contributed by atoms with E-state index >= 15 is 0 Å². The number of fused-ring (bicyclic) bond motifs is 1. The molecule has 1 aromatic heterocycles. The summed E-state index contributed by atoms with van der Waals surface area (Å²) in [5, 5.41) is 1.30. The molecule has 17 heavy (non-hydrogen) atoms. The lowest BCUT2D eigenvalue weighted by Crippen LogP contribution is -2.12. The van der Waals surface area contributed by atoms with Gasteiger partial charge in [0.25, 0.3) is 0 Å². The minimum atomic E-state index is 0.529. The molecule has 0 spiro atoms. The summed E-state index contributed by atoms with van der Waals surface area (Å²) in [5.41, 5.74) is 9.41. The van der Waals surface area contributed by atoms with Gasteiger partial charge in [-0.2, -0.15) is 0 Å². The van der Waals surface area contributed by atoms with E-state index in [1.54, 1.807) is 7.05 Å². The lowest BCUT2D eigenvalue weighted by molar-refractivity contribution is 0.857. The number of aliphatic imine (C=N–C) groups is 1. The van der Waals surface area contributed by atoms with Gasteiger partial charge in [0.2, 0.25) is 0 Å². The predicted molar refractivity (Wildman–Crippen MR) is 73.7 cm³/mol. The summed E-state index contributed by atoms with van der Waals surface area (Å²) >= 11 is 0. The van der Waals surface area contributed by atoms with Gasteiger partial charge in [0, 0.05) is 36.8 Å². The van der Waals surface area contributed by atoms with Crippen molar-refractivity contribution in [1.29, 1.82) is 0 Å². The van der Waals surface area contributed by atoms with Crippen molar-refractivity contribution >= 4 is 16.7 Å². The van der Waals surface area contributed by atoms with Gasteiger partial charge in [0.05, 0.1) is 0 Å². The Morgan fingerprint density at radius 3 is 2.65 bits per heavy atom. The average Bonchev–Trinajstić information content (AvgIpc) is 2.65. The molecule has 2 N–H and O–H groups in total. The van der Waals surface area contributed by atoms with E-state index in [0.717, 1.165) is 5.56 Å². The molecule has 1 aromatic carbocycles. The van der Waals surface area contributed by atoms with E-state index in [1.165, 1.54) is 16.5 Å². The van der Waals surface area contributed by atoms with Crippen LogP contribution in [0.5, 0.6) is 0 Å². The summed E-state index contributed by atoms with van der Waals surface area (Å²) in [6.07, 6.45) is 2.19. The monoisotopic (exact) mass is 229 g/mol. The Morgan fingerprint density at radius 2 is 2.06 bits per heavy atom. The third-order valence-electron chi connectivity index (χ3n) is 3.18. The van der Waals surface area contributed by atoms with Crippen molar-refractivity contribution in [2.24, 2.45) is 17.8 Å². The summed E-state index contributed by atoms with van der Waals surface area (Å²) < 4.78 is 2.15. The van der Waals surface area contributed by atoms with Crippen LogP contribution in [0.3, 0.4) is 0 Å². The number of hydrogen-bond donors (Lipinski definition) is 1. The van der Waals surface area contributed by atoms with Gasteiger partial charge in [0.15, 0.2) is 0 Å². The molecule has 0 radical (unpaired) electrons. The average molecular weight is 229 g/mol. The van der Waals surface area contributed by atoms with Crippen LogP contribution in [0.15, 0.2) is 29.4 Å². The fourth-order valence-corrected chi connectivity index (χ4v) is 2.16. The maximum absolute atomic E-state index is 5.84. The Hall–Kier alpha value is -1.77. The molecule has 0 aliphatic rings. The molecule has 3 nitrogen and oxygen atoms in total. The van der Waals surface area contributed by atoms with Crippen molar-refractivity contribution in [2.75, 3.05) is 7.05 Å². The van der Waals surface area contributed by atoms with Crippen LogP contribution in [-0.4, -0.2) is 17.5 Å². The van der Waals surface area contributed by atoms with Gasteiger partial charge in [-0.15, -0.1) is 0 Å². The maximum Gasteiger partial charge on any atom is 0.125 e. The van der Waals surface area contributed by atoms with Crippen molar-refractivity contribution in [3.05, 3.63) is 35.5 Å². The second kappa shape index (κ2) is 4.24. The van der Waals surface area contributed by atoms with Gasteiger partial charge in [-0.3, -0.25) is 4.99 Å². The number of hydrogen-bond acceptors (Lipinski definition) is 1. The maximum atomic E-state index is 5.84. The minimum absolute atomic E-state index is 0.529. The predicted octanol–water partition coefficient (Wildman–Crippen LogP) is 2.64. The van der Waals surface area contributed by atoms with E-state index in [2.05, 4.69) is 48.8 Å². The summed E-state index contributed by atoms with van der Waals surface area (Å²) in [6, 6.07) is 6.28. The van der Waals surface area contributed by atoms with Crippen LogP contribution in [-0.2, 0) is 7.05 Å².